The topological polar surface area (TPSA) is 131 Å². The van der Waals surface area contributed by atoms with Crippen LogP contribution in [0.3, 0.4) is 0 Å². The second-order valence-electron chi connectivity index (χ2n) is 4.98. The number of hydrogen-bond acceptors (Lipinski definition) is 8. The van der Waals surface area contributed by atoms with Crippen LogP contribution in [0.15, 0.2) is 36.4 Å². The molecule has 0 unspecified atom stereocenters. The summed E-state index contributed by atoms with van der Waals surface area (Å²) < 4.78 is 15.1. The van der Waals surface area contributed by atoms with E-state index in [4.69, 9.17) is 14.2 Å². The van der Waals surface area contributed by atoms with Crippen molar-refractivity contribution in [1.29, 1.82) is 0 Å². The third-order valence-corrected chi connectivity index (χ3v) is 3.41. The van der Waals surface area contributed by atoms with Gasteiger partial charge in [0.05, 0.1) is 30.1 Å². The monoisotopic (exact) mass is 362 g/mol. The highest BCUT2D eigenvalue weighted by atomic mass is 16.6. The molecule has 2 aromatic rings. The van der Waals surface area contributed by atoms with Crippen LogP contribution in [0.5, 0.6) is 11.5 Å². The number of benzene rings is 2. The van der Waals surface area contributed by atoms with Gasteiger partial charge in [0.1, 0.15) is 12.2 Å². The highest BCUT2D eigenvalue weighted by Gasteiger charge is 2.25. The van der Waals surface area contributed by atoms with Crippen molar-refractivity contribution in [3.63, 3.8) is 0 Å². The van der Waals surface area contributed by atoms with E-state index in [1.807, 2.05) is 0 Å². The number of hydrogen-bond donors (Lipinski definition) is 0. The van der Waals surface area contributed by atoms with Crippen LogP contribution in [0, 0.1) is 20.2 Å². The number of nitrogens with zero attached hydrogens (tertiary/aromatic N) is 2. The molecule has 0 saturated carbocycles. The molecule has 0 aliphatic rings. The molecule has 0 heterocycles. The molecule has 0 atom stereocenters. The van der Waals surface area contributed by atoms with Gasteiger partial charge in [0.25, 0.3) is 11.4 Å². The molecule has 0 saturated heterocycles. The lowest BCUT2D eigenvalue weighted by Crippen LogP contribution is -2.09. The zero-order chi connectivity index (χ0) is 19.3. The summed E-state index contributed by atoms with van der Waals surface area (Å²) >= 11 is 0. The third-order valence-electron chi connectivity index (χ3n) is 3.41. The van der Waals surface area contributed by atoms with Crippen molar-refractivity contribution in [2.24, 2.45) is 0 Å². The quantitative estimate of drug-likeness (QED) is 0.417. The molecule has 10 nitrogen and oxygen atoms in total. The minimum atomic E-state index is -0.968. The maximum absolute atomic E-state index is 12.3. The molecule has 136 valence electrons. The van der Waals surface area contributed by atoms with E-state index in [0.29, 0.717) is 5.56 Å². The normalized spacial score (nSPS) is 10.1. The SMILES string of the molecule is COc1cc(C(=O)OCc2cccc([N+](=O)[O-])c2)c([N+](=O)[O-])cc1OC. The van der Waals surface area contributed by atoms with Gasteiger partial charge in [-0.05, 0) is 5.56 Å². The number of methoxy groups -OCH3 is 2. The lowest BCUT2D eigenvalue weighted by atomic mass is 10.1. The summed E-state index contributed by atoms with van der Waals surface area (Å²) in [4.78, 5) is 32.9. The van der Waals surface area contributed by atoms with Gasteiger partial charge in [0.15, 0.2) is 11.5 Å². The zero-order valence-electron chi connectivity index (χ0n) is 13.8. The number of carbonyl (C=O) groups is 1. The van der Waals surface area contributed by atoms with E-state index in [2.05, 4.69) is 0 Å². The van der Waals surface area contributed by atoms with Crippen molar-refractivity contribution < 1.29 is 28.9 Å². The Labute approximate surface area is 147 Å². The van der Waals surface area contributed by atoms with Crippen LogP contribution in [0.2, 0.25) is 0 Å². The summed E-state index contributed by atoms with van der Waals surface area (Å²) in [7, 11) is 2.63. The van der Waals surface area contributed by atoms with E-state index < -0.39 is 21.5 Å². The molecule has 0 amide bonds. The number of rotatable bonds is 7. The van der Waals surface area contributed by atoms with Crippen LogP contribution in [0.1, 0.15) is 15.9 Å². The molecule has 2 aromatic carbocycles. The molecule has 0 N–H and O–H groups in total. The number of carbonyl (C=O) groups excluding carboxylic acids is 1. The first kappa shape index (κ1) is 18.6. The summed E-state index contributed by atoms with van der Waals surface area (Å²) in [5, 5.41) is 22.0. The van der Waals surface area contributed by atoms with Gasteiger partial charge in [-0.3, -0.25) is 20.2 Å². The highest BCUT2D eigenvalue weighted by molar-refractivity contribution is 5.95. The minimum Gasteiger partial charge on any atom is -0.493 e. The Balaban J connectivity index is 2.27. The first-order valence-electron chi connectivity index (χ1n) is 7.18. The van der Waals surface area contributed by atoms with E-state index >= 15 is 0 Å². The number of non-ortho nitro benzene ring substituents is 1. The molecular weight excluding hydrogens is 348 g/mol. The number of nitro benzene ring substituents is 2. The fraction of sp³-hybridized carbons (Fsp3) is 0.188. The molecule has 0 aliphatic carbocycles. The van der Waals surface area contributed by atoms with E-state index in [1.54, 1.807) is 0 Å². The summed E-state index contributed by atoms with van der Waals surface area (Å²) in [5.41, 5.74) is -0.615. The van der Waals surface area contributed by atoms with Crippen molar-refractivity contribution >= 4 is 17.3 Å². The number of ether oxygens (including phenoxy) is 3. The fourth-order valence-electron chi connectivity index (χ4n) is 2.17. The maximum Gasteiger partial charge on any atom is 0.345 e. The summed E-state index contributed by atoms with van der Waals surface area (Å²) in [6, 6.07) is 7.72. The zero-order valence-corrected chi connectivity index (χ0v) is 13.8. The predicted molar refractivity (Wildman–Crippen MR) is 88.4 cm³/mol. The van der Waals surface area contributed by atoms with Gasteiger partial charge in [-0.2, -0.15) is 0 Å². The molecule has 0 aliphatic heterocycles. The van der Waals surface area contributed by atoms with Crippen LogP contribution in [-0.2, 0) is 11.3 Å². The molecule has 0 bridgehead atoms. The lowest BCUT2D eigenvalue weighted by Gasteiger charge is -2.10. The molecular formula is C16H14N2O8. The Morgan fingerprint density at radius 3 is 2.23 bits per heavy atom. The highest BCUT2D eigenvalue weighted by Crippen LogP contribution is 2.34. The second-order valence-corrected chi connectivity index (χ2v) is 4.98. The first-order valence-corrected chi connectivity index (χ1v) is 7.18. The van der Waals surface area contributed by atoms with Gasteiger partial charge < -0.3 is 14.2 Å². The minimum absolute atomic E-state index is 0.0921. The van der Waals surface area contributed by atoms with Gasteiger partial charge >= 0.3 is 5.97 Å². The molecule has 0 spiro atoms. The van der Waals surface area contributed by atoms with Gasteiger partial charge in [-0.15, -0.1) is 0 Å². The average Bonchev–Trinajstić information content (AvgIpc) is 2.64. The molecule has 0 aromatic heterocycles. The largest absolute Gasteiger partial charge is 0.493 e. The van der Waals surface area contributed by atoms with Gasteiger partial charge in [-0.1, -0.05) is 12.1 Å². The molecule has 2 rings (SSSR count). The van der Waals surface area contributed by atoms with E-state index in [-0.39, 0.29) is 29.4 Å². The number of nitro groups is 2. The summed E-state index contributed by atoms with van der Waals surface area (Å²) in [6.07, 6.45) is 0. The van der Waals surface area contributed by atoms with Gasteiger partial charge in [0, 0.05) is 18.2 Å². The van der Waals surface area contributed by atoms with Crippen LogP contribution in [0.4, 0.5) is 11.4 Å². The summed E-state index contributed by atoms with van der Waals surface area (Å²) in [6.45, 7) is -0.286. The number of esters is 1. The first-order chi connectivity index (χ1) is 12.4. The Morgan fingerprint density at radius 2 is 1.65 bits per heavy atom. The van der Waals surface area contributed by atoms with Gasteiger partial charge in [0.2, 0.25) is 0 Å². The second kappa shape index (κ2) is 7.92. The van der Waals surface area contributed by atoms with Crippen LogP contribution in [-0.4, -0.2) is 30.0 Å². The van der Waals surface area contributed by atoms with Crippen molar-refractivity contribution in [2.45, 2.75) is 6.61 Å². The fourth-order valence-corrected chi connectivity index (χ4v) is 2.17. The van der Waals surface area contributed by atoms with Crippen molar-refractivity contribution in [2.75, 3.05) is 14.2 Å². The smallest absolute Gasteiger partial charge is 0.345 e. The van der Waals surface area contributed by atoms with Crippen molar-refractivity contribution in [1.82, 2.24) is 0 Å². The van der Waals surface area contributed by atoms with Gasteiger partial charge in [-0.25, -0.2) is 4.79 Å². The Morgan fingerprint density at radius 1 is 1.00 bits per heavy atom. The summed E-state index contributed by atoms with van der Waals surface area (Å²) in [5.74, 6) is -0.751. The van der Waals surface area contributed by atoms with Crippen molar-refractivity contribution in [3.05, 3.63) is 67.8 Å². The van der Waals surface area contributed by atoms with E-state index in [0.717, 1.165) is 12.1 Å². The third kappa shape index (κ3) is 4.04. The molecule has 10 heteroatoms. The van der Waals surface area contributed by atoms with E-state index in [1.165, 1.54) is 38.5 Å². The molecule has 0 fully saturated rings. The average molecular weight is 362 g/mol. The molecule has 0 radical (unpaired) electrons. The Hall–Kier alpha value is -3.69. The Bertz CT molecular complexity index is 865. The van der Waals surface area contributed by atoms with Crippen LogP contribution < -0.4 is 9.47 Å². The van der Waals surface area contributed by atoms with Crippen molar-refractivity contribution in [3.8, 4) is 11.5 Å². The lowest BCUT2D eigenvalue weighted by molar-refractivity contribution is -0.385. The van der Waals surface area contributed by atoms with E-state index in [9.17, 15) is 25.0 Å². The Kier molecular flexibility index (Phi) is 5.68. The predicted octanol–water partition coefficient (Wildman–Crippen LogP) is 2.88. The molecule has 26 heavy (non-hydrogen) atoms. The van der Waals surface area contributed by atoms with Crippen LogP contribution >= 0.6 is 0 Å². The standard InChI is InChI=1S/C16H14N2O8/c1-24-14-7-12(13(18(22)23)8-15(14)25-2)16(19)26-9-10-4-3-5-11(6-10)17(20)21/h3-8H,9H2,1-2H3. The maximum atomic E-state index is 12.3. The van der Waals surface area contributed by atoms with Crippen LogP contribution in [0.25, 0.3) is 0 Å².